The third-order valence-corrected chi connectivity index (χ3v) is 4.16. The molecule has 1 aliphatic heterocycles. The third-order valence-electron chi connectivity index (χ3n) is 3.91. The Labute approximate surface area is 146 Å². The molecule has 1 saturated heterocycles. The highest BCUT2D eigenvalue weighted by molar-refractivity contribution is 6.30. The molecule has 126 valence electrons. The minimum atomic E-state index is -0.121. The topological polar surface area (TPSA) is 54.5 Å². The number of ether oxygens (including phenoxy) is 1. The summed E-state index contributed by atoms with van der Waals surface area (Å²) < 4.78 is 5.58. The lowest BCUT2D eigenvalue weighted by Crippen LogP contribution is -2.30. The Morgan fingerprint density at radius 2 is 1.96 bits per heavy atom. The van der Waals surface area contributed by atoms with Gasteiger partial charge in [0.15, 0.2) is 0 Å². The fraction of sp³-hybridized carbons (Fsp3) is 0.333. The smallest absolute Gasteiger partial charge is 0.255 e. The molecule has 3 rings (SSSR count). The highest BCUT2D eigenvalue weighted by Crippen LogP contribution is 2.21. The Bertz CT molecular complexity index is 685. The summed E-state index contributed by atoms with van der Waals surface area (Å²) in [7, 11) is 0. The van der Waals surface area contributed by atoms with Crippen molar-refractivity contribution in [3.05, 3.63) is 53.2 Å². The monoisotopic (exact) mass is 345 g/mol. The van der Waals surface area contributed by atoms with E-state index in [4.69, 9.17) is 16.3 Å². The average molecular weight is 346 g/mol. The molecule has 5 nitrogen and oxygen atoms in total. The Morgan fingerprint density at radius 3 is 2.71 bits per heavy atom. The maximum Gasteiger partial charge on any atom is 0.255 e. The fourth-order valence-corrected chi connectivity index (χ4v) is 2.84. The van der Waals surface area contributed by atoms with Gasteiger partial charge in [0.05, 0.1) is 12.1 Å². The summed E-state index contributed by atoms with van der Waals surface area (Å²) in [6, 6.07) is 10.8. The van der Waals surface area contributed by atoms with E-state index in [0.29, 0.717) is 23.7 Å². The lowest BCUT2D eigenvalue weighted by Gasteiger charge is -2.19. The van der Waals surface area contributed by atoms with Gasteiger partial charge in [0.25, 0.3) is 5.91 Å². The van der Waals surface area contributed by atoms with E-state index in [1.165, 1.54) is 0 Å². The maximum absolute atomic E-state index is 12.4. The molecule has 6 heteroatoms. The predicted molar refractivity (Wildman–Crippen MR) is 95.0 cm³/mol. The van der Waals surface area contributed by atoms with E-state index in [9.17, 15) is 4.79 Å². The van der Waals surface area contributed by atoms with Crippen molar-refractivity contribution in [1.29, 1.82) is 0 Å². The standard InChI is InChI=1S/C18H20ClN3O2/c19-14-5-7-15(8-6-14)24-13-10-21-18(23)16-4-3-9-20-17(16)22-11-1-2-12-22/h3-9H,1-2,10-13H2,(H,21,23). The molecule has 1 amide bonds. The second-order valence-electron chi connectivity index (χ2n) is 5.63. The number of anilines is 1. The first-order valence-electron chi connectivity index (χ1n) is 8.10. The van der Waals surface area contributed by atoms with Crippen LogP contribution in [0.4, 0.5) is 5.82 Å². The second-order valence-corrected chi connectivity index (χ2v) is 6.06. The lowest BCUT2D eigenvalue weighted by molar-refractivity contribution is 0.0947. The number of nitrogens with zero attached hydrogens (tertiary/aromatic N) is 2. The van der Waals surface area contributed by atoms with E-state index in [2.05, 4.69) is 15.2 Å². The number of amides is 1. The molecule has 0 atom stereocenters. The number of pyridine rings is 1. The van der Waals surface area contributed by atoms with Crippen LogP contribution in [0.5, 0.6) is 5.75 Å². The van der Waals surface area contributed by atoms with Crippen LogP contribution in [0.1, 0.15) is 23.2 Å². The van der Waals surface area contributed by atoms with Crippen LogP contribution in [0.25, 0.3) is 0 Å². The van der Waals surface area contributed by atoms with Gasteiger partial charge in [-0.2, -0.15) is 0 Å². The van der Waals surface area contributed by atoms with Gasteiger partial charge in [0.2, 0.25) is 0 Å². The number of rotatable bonds is 6. The van der Waals surface area contributed by atoms with Crippen molar-refractivity contribution in [2.45, 2.75) is 12.8 Å². The van der Waals surface area contributed by atoms with Crippen LogP contribution in [-0.4, -0.2) is 37.1 Å². The van der Waals surface area contributed by atoms with Gasteiger partial charge >= 0.3 is 0 Å². The molecule has 0 saturated carbocycles. The zero-order valence-corrected chi connectivity index (χ0v) is 14.1. The largest absolute Gasteiger partial charge is 0.492 e. The third kappa shape index (κ3) is 4.17. The molecular weight excluding hydrogens is 326 g/mol. The van der Waals surface area contributed by atoms with Crippen LogP contribution in [0, 0.1) is 0 Å². The van der Waals surface area contributed by atoms with Crippen LogP contribution in [0.3, 0.4) is 0 Å². The van der Waals surface area contributed by atoms with E-state index >= 15 is 0 Å². The van der Waals surface area contributed by atoms with E-state index in [1.54, 1.807) is 36.5 Å². The van der Waals surface area contributed by atoms with Gasteiger partial charge in [0.1, 0.15) is 18.2 Å². The van der Waals surface area contributed by atoms with Crippen molar-refractivity contribution < 1.29 is 9.53 Å². The van der Waals surface area contributed by atoms with Crippen LogP contribution >= 0.6 is 11.6 Å². The molecule has 1 aromatic heterocycles. The van der Waals surface area contributed by atoms with Gasteiger partial charge in [0, 0.05) is 24.3 Å². The maximum atomic E-state index is 12.4. The summed E-state index contributed by atoms with van der Waals surface area (Å²) in [5, 5.41) is 3.56. The van der Waals surface area contributed by atoms with E-state index in [0.717, 1.165) is 37.5 Å². The van der Waals surface area contributed by atoms with Crippen molar-refractivity contribution in [2.75, 3.05) is 31.1 Å². The van der Waals surface area contributed by atoms with Gasteiger partial charge < -0.3 is 15.0 Å². The number of halogens is 1. The Morgan fingerprint density at radius 1 is 1.21 bits per heavy atom. The number of nitrogens with one attached hydrogen (secondary N) is 1. The molecule has 0 radical (unpaired) electrons. The molecule has 1 aromatic carbocycles. The summed E-state index contributed by atoms with van der Waals surface area (Å²) in [4.78, 5) is 19.0. The number of aromatic nitrogens is 1. The normalized spacial score (nSPS) is 13.8. The average Bonchev–Trinajstić information content (AvgIpc) is 3.14. The Balaban J connectivity index is 1.52. The van der Waals surface area contributed by atoms with Crippen molar-refractivity contribution >= 4 is 23.3 Å². The molecule has 0 spiro atoms. The highest BCUT2D eigenvalue weighted by Gasteiger charge is 2.20. The summed E-state index contributed by atoms with van der Waals surface area (Å²) in [6.45, 7) is 2.73. The first kappa shape index (κ1) is 16.6. The minimum Gasteiger partial charge on any atom is -0.492 e. The molecule has 2 heterocycles. The van der Waals surface area contributed by atoms with Crippen LogP contribution in [-0.2, 0) is 0 Å². The quantitative estimate of drug-likeness (QED) is 0.817. The van der Waals surface area contributed by atoms with Crippen molar-refractivity contribution in [1.82, 2.24) is 10.3 Å². The first-order valence-corrected chi connectivity index (χ1v) is 8.48. The molecule has 2 aromatic rings. The van der Waals surface area contributed by atoms with Crippen LogP contribution in [0.2, 0.25) is 5.02 Å². The number of carbonyl (C=O) groups excluding carboxylic acids is 1. The second kappa shape index (κ2) is 8.02. The minimum absolute atomic E-state index is 0.121. The lowest BCUT2D eigenvalue weighted by atomic mass is 10.2. The molecule has 1 aliphatic rings. The van der Waals surface area contributed by atoms with E-state index in [-0.39, 0.29) is 5.91 Å². The zero-order chi connectivity index (χ0) is 16.8. The predicted octanol–water partition coefficient (Wildman–Crippen LogP) is 3.14. The molecule has 24 heavy (non-hydrogen) atoms. The number of hydrogen-bond donors (Lipinski definition) is 1. The zero-order valence-electron chi connectivity index (χ0n) is 13.4. The van der Waals surface area contributed by atoms with Gasteiger partial charge in [-0.3, -0.25) is 4.79 Å². The van der Waals surface area contributed by atoms with Crippen molar-refractivity contribution in [2.24, 2.45) is 0 Å². The van der Waals surface area contributed by atoms with Crippen LogP contribution < -0.4 is 15.0 Å². The van der Waals surface area contributed by atoms with Gasteiger partial charge in [-0.05, 0) is 49.2 Å². The number of hydrogen-bond acceptors (Lipinski definition) is 4. The van der Waals surface area contributed by atoms with Gasteiger partial charge in [-0.25, -0.2) is 4.98 Å². The van der Waals surface area contributed by atoms with Gasteiger partial charge in [-0.15, -0.1) is 0 Å². The summed E-state index contributed by atoms with van der Waals surface area (Å²) in [5.74, 6) is 1.38. The van der Waals surface area contributed by atoms with E-state index < -0.39 is 0 Å². The number of benzene rings is 1. The van der Waals surface area contributed by atoms with Crippen LogP contribution in [0.15, 0.2) is 42.6 Å². The summed E-state index contributed by atoms with van der Waals surface area (Å²) >= 11 is 5.83. The van der Waals surface area contributed by atoms with Gasteiger partial charge in [-0.1, -0.05) is 11.6 Å². The molecule has 1 fully saturated rings. The Kier molecular flexibility index (Phi) is 5.54. The fourth-order valence-electron chi connectivity index (χ4n) is 2.71. The molecular formula is C18H20ClN3O2. The van der Waals surface area contributed by atoms with Crippen molar-refractivity contribution in [3.63, 3.8) is 0 Å². The number of carbonyl (C=O) groups is 1. The van der Waals surface area contributed by atoms with E-state index in [1.807, 2.05) is 6.07 Å². The van der Waals surface area contributed by atoms with Crippen molar-refractivity contribution in [3.8, 4) is 5.75 Å². The molecule has 1 N–H and O–H groups in total. The SMILES string of the molecule is O=C(NCCOc1ccc(Cl)cc1)c1cccnc1N1CCCC1. The first-order chi connectivity index (χ1) is 11.7. The molecule has 0 aliphatic carbocycles. The molecule has 0 bridgehead atoms. The highest BCUT2D eigenvalue weighted by atomic mass is 35.5. The molecule has 0 unspecified atom stereocenters. The summed E-state index contributed by atoms with van der Waals surface area (Å²) in [5.41, 5.74) is 0.617. The summed E-state index contributed by atoms with van der Waals surface area (Å²) in [6.07, 6.45) is 4.02. The Hall–Kier alpha value is -2.27.